The van der Waals surface area contributed by atoms with Crippen LogP contribution in [0.3, 0.4) is 0 Å². The van der Waals surface area contributed by atoms with Gasteiger partial charge in [-0.2, -0.15) is 0 Å². The minimum absolute atomic E-state index is 0.0246. The summed E-state index contributed by atoms with van der Waals surface area (Å²) in [5.41, 5.74) is 0. The topological polar surface area (TPSA) is 150 Å². The van der Waals surface area contributed by atoms with Gasteiger partial charge >= 0.3 is 0 Å². The fourth-order valence-electron chi connectivity index (χ4n) is 1.44. The Balaban J connectivity index is 4.34. The van der Waals surface area contributed by atoms with Crippen molar-refractivity contribution in [3.05, 3.63) is 0 Å². The largest absolute Gasteiger partial charge is 0.854 e. The third-order valence-electron chi connectivity index (χ3n) is 2.20. The van der Waals surface area contributed by atoms with Gasteiger partial charge in [-0.1, -0.05) is 0 Å². The van der Waals surface area contributed by atoms with E-state index in [1.807, 2.05) is 0 Å². The van der Waals surface area contributed by atoms with E-state index in [0.717, 1.165) is 4.90 Å². The van der Waals surface area contributed by atoms with Crippen LogP contribution in [0.2, 0.25) is 0 Å². The van der Waals surface area contributed by atoms with Crippen molar-refractivity contribution >= 4 is 17.9 Å². The molecule has 0 saturated carbocycles. The van der Waals surface area contributed by atoms with E-state index in [4.69, 9.17) is 0 Å². The van der Waals surface area contributed by atoms with Crippen molar-refractivity contribution in [3.63, 3.8) is 0 Å². The molecule has 0 aliphatic carbocycles. The van der Waals surface area contributed by atoms with Crippen LogP contribution >= 0.6 is 0 Å². The summed E-state index contributed by atoms with van der Waals surface area (Å²) in [6, 6.07) is 0. The highest BCUT2D eigenvalue weighted by Gasteiger charge is 2.09. The van der Waals surface area contributed by atoms with Crippen molar-refractivity contribution in [1.82, 2.24) is 9.80 Å². The number of carboxylic acids is 3. The molecule has 0 heterocycles. The summed E-state index contributed by atoms with van der Waals surface area (Å²) in [5.74, 6) is -4.30. The molecule has 9 nitrogen and oxygen atoms in total. The Labute approximate surface area is 109 Å². The fraction of sp³-hybridized carbons (Fsp3) is 0.700. The lowest BCUT2D eigenvalue weighted by Gasteiger charge is -2.29. The van der Waals surface area contributed by atoms with Gasteiger partial charge in [0, 0.05) is 32.7 Å². The monoisotopic (exact) mass is 274 g/mol. The van der Waals surface area contributed by atoms with E-state index in [-0.39, 0.29) is 19.6 Å². The van der Waals surface area contributed by atoms with Crippen molar-refractivity contribution in [2.24, 2.45) is 0 Å². The van der Waals surface area contributed by atoms with E-state index in [1.54, 1.807) is 0 Å². The Bertz CT molecular complexity index is 305. The van der Waals surface area contributed by atoms with Crippen LogP contribution in [-0.4, -0.2) is 73.6 Å². The molecule has 110 valence electrons. The van der Waals surface area contributed by atoms with Gasteiger partial charge in [-0.05, 0) is 6.54 Å². The van der Waals surface area contributed by atoms with Crippen molar-refractivity contribution in [1.29, 1.82) is 0 Å². The average molecular weight is 274 g/mol. The summed E-state index contributed by atoms with van der Waals surface area (Å²) >= 11 is 0. The molecule has 0 aromatic heterocycles. The first-order chi connectivity index (χ1) is 8.85. The Morgan fingerprint density at radius 2 is 1.05 bits per heavy atom. The maximum absolute atomic E-state index is 10.4. The van der Waals surface area contributed by atoms with Crippen LogP contribution in [0, 0.1) is 0 Å². The SMILES string of the molecule is O=C([O-])CN(CC[O-])CCN(CC(=O)[O-])CC(=O)[O-]. The van der Waals surface area contributed by atoms with Crippen LogP contribution in [0.4, 0.5) is 0 Å². The summed E-state index contributed by atoms with van der Waals surface area (Å²) in [7, 11) is 0. The molecule has 0 aromatic carbocycles. The van der Waals surface area contributed by atoms with E-state index in [1.165, 1.54) is 4.90 Å². The van der Waals surface area contributed by atoms with Crippen LogP contribution in [0.1, 0.15) is 0 Å². The first kappa shape index (κ1) is 17.3. The third-order valence-corrected chi connectivity index (χ3v) is 2.20. The molecule has 0 aliphatic heterocycles. The van der Waals surface area contributed by atoms with Gasteiger partial charge < -0.3 is 34.8 Å². The van der Waals surface area contributed by atoms with Crippen LogP contribution in [0.25, 0.3) is 0 Å². The number of rotatable bonds is 11. The summed E-state index contributed by atoms with van der Waals surface area (Å²) in [6.45, 7) is -2.33. The van der Waals surface area contributed by atoms with Gasteiger partial charge in [0.1, 0.15) is 0 Å². The average Bonchev–Trinajstić information content (AvgIpc) is 2.23. The molecule has 0 aromatic rings. The second kappa shape index (κ2) is 9.25. The lowest BCUT2D eigenvalue weighted by Crippen LogP contribution is -2.48. The lowest BCUT2D eigenvalue weighted by atomic mass is 10.4. The number of nitrogens with zero attached hydrogens (tertiary/aromatic N) is 2. The highest BCUT2D eigenvalue weighted by molar-refractivity contribution is 5.70. The minimum atomic E-state index is -1.46. The first-order valence-corrected chi connectivity index (χ1v) is 5.47. The Morgan fingerprint density at radius 1 is 0.684 bits per heavy atom. The van der Waals surface area contributed by atoms with Gasteiger partial charge in [0.05, 0.1) is 17.9 Å². The zero-order valence-corrected chi connectivity index (χ0v) is 10.2. The zero-order chi connectivity index (χ0) is 14.8. The Morgan fingerprint density at radius 3 is 1.42 bits per heavy atom. The molecule has 0 amide bonds. The molecule has 0 fully saturated rings. The number of carboxylic acid groups (broad SMARTS) is 3. The second-order valence-corrected chi connectivity index (χ2v) is 3.81. The fourth-order valence-corrected chi connectivity index (χ4v) is 1.44. The molecule has 0 unspecified atom stereocenters. The molecule has 0 rings (SSSR count). The van der Waals surface area contributed by atoms with Gasteiger partial charge in [0.2, 0.25) is 0 Å². The number of hydrogen-bond donors (Lipinski definition) is 0. The minimum Gasteiger partial charge on any atom is -0.854 e. The van der Waals surface area contributed by atoms with Gasteiger partial charge in [-0.25, -0.2) is 0 Å². The summed E-state index contributed by atoms with van der Waals surface area (Å²) in [4.78, 5) is 33.5. The molecular weight excluding hydrogens is 260 g/mol. The third kappa shape index (κ3) is 9.94. The Hall–Kier alpha value is -1.71. The number of aliphatic carboxylic acids is 3. The summed E-state index contributed by atoms with van der Waals surface area (Å²) in [6.07, 6.45) is 0. The molecule has 0 spiro atoms. The molecular formula is C10H14N2O7-4. The van der Waals surface area contributed by atoms with Crippen LogP contribution in [0.5, 0.6) is 0 Å². The van der Waals surface area contributed by atoms with E-state index >= 15 is 0 Å². The van der Waals surface area contributed by atoms with Crippen LogP contribution in [0.15, 0.2) is 0 Å². The molecule has 0 N–H and O–H groups in total. The van der Waals surface area contributed by atoms with Crippen molar-refractivity contribution < 1.29 is 34.8 Å². The maximum atomic E-state index is 10.4. The van der Waals surface area contributed by atoms with Crippen LogP contribution in [-0.2, 0) is 14.4 Å². The maximum Gasteiger partial charge on any atom is 0.0555 e. The standard InChI is InChI=1S/C10H17N2O7/c13-4-3-11(5-8(14)15)1-2-12(6-9(16)17)7-10(18)19/h1-7H2,(H,14,15)(H,16,17)(H,18,19)/q-1/p-3. The second-order valence-electron chi connectivity index (χ2n) is 3.81. The highest BCUT2D eigenvalue weighted by atomic mass is 16.4. The molecule has 19 heavy (non-hydrogen) atoms. The first-order valence-electron chi connectivity index (χ1n) is 5.47. The zero-order valence-electron chi connectivity index (χ0n) is 10.2. The number of carbonyl (C=O) groups is 3. The molecule has 0 bridgehead atoms. The molecule has 0 radical (unpaired) electrons. The van der Waals surface area contributed by atoms with Gasteiger partial charge in [0.25, 0.3) is 0 Å². The van der Waals surface area contributed by atoms with Gasteiger partial charge in [-0.15, -0.1) is 6.61 Å². The number of hydrogen-bond acceptors (Lipinski definition) is 9. The summed E-state index contributed by atoms with van der Waals surface area (Å²) in [5, 5.41) is 41.7. The van der Waals surface area contributed by atoms with E-state index in [2.05, 4.69) is 0 Å². The number of carbonyl (C=O) groups excluding carboxylic acids is 3. The van der Waals surface area contributed by atoms with E-state index in [9.17, 15) is 34.8 Å². The van der Waals surface area contributed by atoms with Crippen molar-refractivity contribution in [2.75, 3.05) is 45.9 Å². The highest BCUT2D eigenvalue weighted by Crippen LogP contribution is 1.92. The molecule has 0 atom stereocenters. The van der Waals surface area contributed by atoms with Crippen molar-refractivity contribution in [3.8, 4) is 0 Å². The quantitative estimate of drug-likeness (QED) is 0.358. The van der Waals surface area contributed by atoms with E-state index < -0.39 is 44.1 Å². The molecule has 0 aliphatic rings. The molecule has 0 saturated heterocycles. The normalized spacial score (nSPS) is 10.9. The van der Waals surface area contributed by atoms with Crippen molar-refractivity contribution in [2.45, 2.75) is 0 Å². The predicted molar refractivity (Wildman–Crippen MR) is 52.8 cm³/mol. The lowest BCUT2D eigenvalue weighted by molar-refractivity contribution is -0.369. The van der Waals surface area contributed by atoms with Crippen LogP contribution < -0.4 is 20.4 Å². The van der Waals surface area contributed by atoms with E-state index in [0.29, 0.717) is 0 Å². The molecule has 9 heteroatoms. The summed E-state index contributed by atoms with van der Waals surface area (Å²) < 4.78 is 0. The predicted octanol–water partition coefficient (Wildman–Crippen LogP) is -6.80. The van der Waals surface area contributed by atoms with Gasteiger partial charge in [0.15, 0.2) is 0 Å². The smallest absolute Gasteiger partial charge is 0.0555 e. The Kier molecular flexibility index (Phi) is 8.42. The van der Waals surface area contributed by atoms with Gasteiger partial charge in [-0.3, -0.25) is 9.80 Å².